The Bertz CT molecular complexity index is 704. The number of anilines is 1. The van der Waals surface area contributed by atoms with Crippen LogP contribution in [0.1, 0.15) is 11.1 Å². The third-order valence-electron chi connectivity index (χ3n) is 3.11. The van der Waals surface area contributed by atoms with Crippen LogP contribution in [0.3, 0.4) is 0 Å². The highest BCUT2D eigenvalue weighted by atomic mass is 32.2. The van der Waals surface area contributed by atoms with Crippen molar-refractivity contribution in [3.63, 3.8) is 0 Å². The van der Waals surface area contributed by atoms with Crippen molar-refractivity contribution in [3.8, 4) is 0 Å². The molecule has 1 amide bonds. The van der Waals surface area contributed by atoms with Crippen molar-refractivity contribution in [2.45, 2.75) is 16.8 Å². The van der Waals surface area contributed by atoms with Gasteiger partial charge < -0.3 is 5.32 Å². The Hall–Kier alpha value is -1.60. The molecule has 0 aromatic heterocycles. The Labute approximate surface area is 147 Å². The van der Waals surface area contributed by atoms with Crippen molar-refractivity contribution in [2.24, 2.45) is 0 Å². The second-order valence-electron chi connectivity index (χ2n) is 4.97. The smallest absolute Gasteiger partial charge is 0.325 e. The molecule has 0 spiro atoms. The summed E-state index contributed by atoms with van der Waals surface area (Å²) in [6, 6.07) is 12.6. The van der Waals surface area contributed by atoms with E-state index >= 15 is 0 Å². The average molecular weight is 371 g/mol. The molecule has 1 N–H and O–H groups in total. The lowest BCUT2D eigenvalue weighted by Crippen LogP contribution is -2.14. The van der Waals surface area contributed by atoms with Crippen LogP contribution in [0.15, 0.2) is 53.4 Å². The van der Waals surface area contributed by atoms with E-state index < -0.39 is 11.7 Å². The predicted molar refractivity (Wildman–Crippen MR) is 94.5 cm³/mol. The van der Waals surface area contributed by atoms with Gasteiger partial charge in [-0.3, -0.25) is 4.79 Å². The zero-order valence-corrected chi connectivity index (χ0v) is 14.5. The standard InChI is InChI=1S/C17H16F3NOS2/c1-23-15-7-3-6-14(9-15)21-16(22)11-24-10-12-4-2-5-13(8-12)17(18,19)20/h2-9H,10-11H2,1H3,(H,21,22). The molecule has 2 aromatic carbocycles. The van der Waals surface area contributed by atoms with Gasteiger partial charge in [-0.1, -0.05) is 24.3 Å². The Morgan fingerprint density at radius 3 is 2.58 bits per heavy atom. The molecule has 7 heteroatoms. The molecule has 0 saturated carbocycles. The van der Waals surface area contributed by atoms with E-state index in [2.05, 4.69) is 5.32 Å². The first-order valence-electron chi connectivity index (χ1n) is 7.06. The minimum absolute atomic E-state index is 0.176. The van der Waals surface area contributed by atoms with Gasteiger partial charge in [0.05, 0.1) is 11.3 Å². The van der Waals surface area contributed by atoms with E-state index in [1.165, 1.54) is 17.8 Å². The van der Waals surface area contributed by atoms with Gasteiger partial charge in [0.25, 0.3) is 0 Å². The van der Waals surface area contributed by atoms with Gasteiger partial charge in [-0.05, 0) is 36.1 Å². The second kappa shape index (κ2) is 8.48. The topological polar surface area (TPSA) is 29.1 Å². The summed E-state index contributed by atoms with van der Waals surface area (Å²) in [5.74, 6) is 0.354. The van der Waals surface area contributed by atoms with Gasteiger partial charge in [0.1, 0.15) is 0 Å². The first-order valence-corrected chi connectivity index (χ1v) is 9.44. The fourth-order valence-corrected chi connectivity index (χ4v) is 3.23. The summed E-state index contributed by atoms with van der Waals surface area (Å²) in [5.41, 5.74) is 0.595. The van der Waals surface area contributed by atoms with Crippen LogP contribution in [0.25, 0.3) is 0 Å². The first kappa shape index (κ1) is 18.7. The van der Waals surface area contributed by atoms with Crippen LogP contribution in [-0.2, 0) is 16.7 Å². The molecule has 0 aliphatic heterocycles. The molecule has 2 nitrogen and oxygen atoms in total. The highest BCUT2D eigenvalue weighted by Gasteiger charge is 2.30. The number of carbonyl (C=O) groups excluding carboxylic acids is 1. The van der Waals surface area contributed by atoms with Crippen LogP contribution in [0.4, 0.5) is 18.9 Å². The van der Waals surface area contributed by atoms with Crippen LogP contribution in [0, 0.1) is 0 Å². The fraction of sp³-hybridized carbons (Fsp3) is 0.235. The van der Waals surface area contributed by atoms with Crippen molar-refractivity contribution < 1.29 is 18.0 Å². The monoisotopic (exact) mass is 371 g/mol. The van der Waals surface area contributed by atoms with Gasteiger partial charge in [0.15, 0.2) is 0 Å². The number of thioether (sulfide) groups is 2. The number of nitrogens with one attached hydrogen (secondary N) is 1. The lowest BCUT2D eigenvalue weighted by Gasteiger charge is -2.09. The number of hydrogen-bond donors (Lipinski definition) is 1. The summed E-state index contributed by atoms with van der Waals surface area (Å²) in [6.07, 6.45) is -2.40. The molecule has 0 radical (unpaired) electrons. The molecule has 0 heterocycles. The molecule has 0 saturated heterocycles. The van der Waals surface area contributed by atoms with Crippen LogP contribution >= 0.6 is 23.5 Å². The minimum Gasteiger partial charge on any atom is -0.325 e. The molecule has 2 aromatic rings. The van der Waals surface area contributed by atoms with Crippen LogP contribution in [0.2, 0.25) is 0 Å². The zero-order chi connectivity index (χ0) is 17.6. The normalized spacial score (nSPS) is 11.3. The summed E-state index contributed by atoms with van der Waals surface area (Å²) < 4.78 is 37.9. The largest absolute Gasteiger partial charge is 0.416 e. The number of carbonyl (C=O) groups is 1. The van der Waals surface area contributed by atoms with E-state index in [4.69, 9.17) is 0 Å². The third kappa shape index (κ3) is 5.79. The van der Waals surface area contributed by atoms with Crippen LogP contribution in [-0.4, -0.2) is 17.9 Å². The fourth-order valence-electron chi connectivity index (χ4n) is 2.00. The Balaban J connectivity index is 1.84. The minimum atomic E-state index is -4.35. The summed E-state index contributed by atoms with van der Waals surface area (Å²) >= 11 is 2.86. The molecule has 0 aliphatic carbocycles. The first-order chi connectivity index (χ1) is 11.4. The predicted octanol–water partition coefficient (Wildman–Crippen LogP) is 5.30. The molecule has 24 heavy (non-hydrogen) atoms. The van der Waals surface area contributed by atoms with Gasteiger partial charge in [0, 0.05) is 16.3 Å². The molecule has 0 unspecified atom stereocenters. The van der Waals surface area contributed by atoms with Crippen molar-refractivity contribution in [3.05, 3.63) is 59.7 Å². The molecule has 0 aliphatic rings. The van der Waals surface area contributed by atoms with E-state index in [1.54, 1.807) is 23.9 Å². The zero-order valence-electron chi connectivity index (χ0n) is 12.9. The number of alkyl halides is 3. The lowest BCUT2D eigenvalue weighted by atomic mass is 10.1. The van der Waals surface area contributed by atoms with Crippen molar-refractivity contribution in [2.75, 3.05) is 17.3 Å². The van der Waals surface area contributed by atoms with Crippen molar-refractivity contribution >= 4 is 35.1 Å². The molecular formula is C17H16F3NOS2. The van der Waals surface area contributed by atoms with Crippen molar-refractivity contribution in [1.29, 1.82) is 0 Å². The molecule has 0 atom stereocenters. The molecule has 128 valence electrons. The summed E-state index contributed by atoms with van der Waals surface area (Å²) in [5, 5.41) is 2.79. The maximum absolute atomic E-state index is 12.6. The Morgan fingerprint density at radius 2 is 1.88 bits per heavy atom. The number of halogens is 3. The number of amides is 1. The molecule has 0 fully saturated rings. The van der Waals surface area contributed by atoms with Crippen LogP contribution < -0.4 is 5.32 Å². The van der Waals surface area contributed by atoms with Crippen LogP contribution in [0.5, 0.6) is 0 Å². The van der Waals surface area contributed by atoms with E-state index in [9.17, 15) is 18.0 Å². The van der Waals surface area contributed by atoms with E-state index in [1.807, 2.05) is 24.5 Å². The van der Waals surface area contributed by atoms with Gasteiger partial charge in [-0.25, -0.2) is 0 Å². The molecule has 2 rings (SSSR count). The van der Waals surface area contributed by atoms with Gasteiger partial charge >= 0.3 is 6.18 Å². The number of hydrogen-bond acceptors (Lipinski definition) is 3. The van der Waals surface area contributed by atoms with Gasteiger partial charge in [-0.2, -0.15) is 13.2 Å². The quantitative estimate of drug-likeness (QED) is 0.699. The Morgan fingerprint density at radius 1 is 1.12 bits per heavy atom. The van der Waals surface area contributed by atoms with E-state index in [0.717, 1.165) is 17.0 Å². The Kier molecular flexibility index (Phi) is 6.62. The maximum atomic E-state index is 12.6. The third-order valence-corrected chi connectivity index (χ3v) is 4.84. The van der Waals surface area contributed by atoms with E-state index in [0.29, 0.717) is 17.0 Å². The van der Waals surface area contributed by atoms with Gasteiger partial charge in [0.2, 0.25) is 5.91 Å². The van der Waals surface area contributed by atoms with E-state index in [-0.39, 0.29) is 11.7 Å². The molecular weight excluding hydrogens is 355 g/mol. The lowest BCUT2D eigenvalue weighted by molar-refractivity contribution is -0.137. The number of benzene rings is 2. The maximum Gasteiger partial charge on any atom is 0.416 e. The summed E-state index contributed by atoms with van der Waals surface area (Å²) in [7, 11) is 0. The SMILES string of the molecule is CSc1cccc(NC(=O)CSCc2cccc(C(F)(F)F)c2)c1. The number of rotatable bonds is 6. The second-order valence-corrected chi connectivity index (χ2v) is 6.84. The average Bonchev–Trinajstić information content (AvgIpc) is 2.54. The molecule has 0 bridgehead atoms. The van der Waals surface area contributed by atoms with Gasteiger partial charge in [-0.15, -0.1) is 23.5 Å². The highest BCUT2D eigenvalue weighted by molar-refractivity contribution is 7.99. The summed E-state index contributed by atoms with van der Waals surface area (Å²) in [4.78, 5) is 13.0. The summed E-state index contributed by atoms with van der Waals surface area (Å²) in [6.45, 7) is 0. The van der Waals surface area contributed by atoms with Crippen molar-refractivity contribution in [1.82, 2.24) is 0 Å². The highest BCUT2D eigenvalue weighted by Crippen LogP contribution is 2.30.